The highest BCUT2D eigenvalue weighted by Crippen LogP contribution is 2.39. The molecule has 1 aliphatic heterocycles. The van der Waals surface area contributed by atoms with Crippen LogP contribution in [0.1, 0.15) is 55.5 Å². The Hall–Kier alpha value is -7.19. The summed E-state index contributed by atoms with van der Waals surface area (Å²) < 4.78 is 100. The van der Waals surface area contributed by atoms with Crippen molar-refractivity contribution in [3.63, 3.8) is 0 Å². The third-order valence-corrected chi connectivity index (χ3v) is 12.9. The van der Waals surface area contributed by atoms with E-state index >= 15 is 0 Å². The molecule has 28 heteroatoms. The smallest absolute Gasteiger partial charge is 0.442 e. The van der Waals surface area contributed by atoms with E-state index in [4.69, 9.17) is 44.3 Å². The van der Waals surface area contributed by atoms with E-state index in [1.54, 1.807) is 30.5 Å². The largest absolute Gasteiger partial charge is 0.573 e. The van der Waals surface area contributed by atoms with Gasteiger partial charge in [-0.2, -0.15) is 9.98 Å². The lowest BCUT2D eigenvalue weighted by molar-refractivity contribution is -0.275. The first kappa shape index (κ1) is 56.0. The Morgan fingerprint density at radius 3 is 1.64 bits per heavy atom. The molecule has 0 radical (unpaired) electrons. The molecule has 3 aliphatic rings. The van der Waals surface area contributed by atoms with Crippen LogP contribution in [0.4, 0.5) is 32.2 Å². The van der Waals surface area contributed by atoms with Crippen LogP contribution in [0.5, 0.6) is 29.0 Å². The fourth-order valence-electron chi connectivity index (χ4n) is 7.74. The lowest BCUT2D eigenvalue weighted by Crippen LogP contribution is -2.41. The SMILES string of the molecule is ClCc1ccc(Cl)cn1.Cn1c(=O)n(CCC2(O)CC2)c(=O)c2c1nc(Oc1cccc(OC(F)(F)F)c1)n2Cc1ccc(Cl)cn1.Cn1c2c(c(=O)n(CCC3(O)CC3)c1=O)CC(Oc1cccc(OC(F)(F)F)c1)=N2. The maximum atomic E-state index is 13.5. The van der Waals surface area contributed by atoms with Gasteiger partial charge in [-0.3, -0.25) is 42.4 Å². The van der Waals surface area contributed by atoms with Crippen LogP contribution in [0.2, 0.25) is 10.0 Å². The Labute approximate surface area is 445 Å². The Balaban J connectivity index is 0.000000178. The Morgan fingerprint density at radius 2 is 1.14 bits per heavy atom. The van der Waals surface area contributed by atoms with Crippen molar-refractivity contribution in [3.05, 3.63) is 154 Å². The lowest BCUT2D eigenvalue weighted by Gasteiger charge is -2.13. The van der Waals surface area contributed by atoms with Gasteiger partial charge in [0.05, 0.1) is 57.0 Å². The first-order valence-electron chi connectivity index (χ1n) is 23.2. The number of fused-ring (bicyclic) bond motifs is 2. The standard InChI is InChI=1S/C24H21ClF3N5O5.C19H18F3N3O5.C6H5Cl2N/c1-31-19-18(20(34)32(22(31)35)10-9-23(36)7-8-23)33(13-15-6-5-14(25)12-29-15)21(30-19)37-16-3-2-4-17(11-16)38-24(26,27)28;1-24-15-13(16(26)25(17(24)27)8-7-18(28)5-6-18)10-14(23-15)29-11-3-2-4-12(9-11)30-19(20,21)22;7-3-6-2-1-5(8)4-9-6/h2-6,11-12,36H,7-10,13H2,1H3;2-4,9,28H,5-8,10H2,1H3;1-2,4H,3H2. The molecule has 19 nitrogen and oxygen atoms in total. The highest BCUT2D eigenvalue weighted by molar-refractivity contribution is 6.30. The molecule has 2 aliphatic carbocycles. The molecular formula is C49H44Cl3F6N9O10. The fourth-order valence-corrected chi connectivity index (χ4v) is 8.12. The minimum atomic E-state index is -4.90. The Morgan fingerprint density at radius 1 is 0.649 bits per heavy atom. The van der Waals surface area contributed by atoms with Crippen LogP contribution in [0.15, 0.2) is 109 Å². The van der Waals surface area contributed by atoms with Gasteiger partial charge in [-0.15, -0.1) is 37.9 Å². The minimum absolute atomic E-state index is 0.00462. The van der Waals surface area contributed by atoms with E-state index in [2.05, 4.69) is 29.4 Å². The van der Waals surface area contributed by atoms with Crippen molar-refractivity contribution >= 4 is 57.7 Å². The van der Waals surface area contributed by atoms with Crippen LogP contribution < -0.4 is 41.4 Å². The zero-order valence-corrected chi connectivity index (χ0v) is 42.7. The van der Waals surface area contributed by atoms with E-state index in [1.165, 1.54) is 58.3 Å². The Kier molecular flexibility index (Phi) is 16.3. The predicted octanol–water partition coefficient (Wildman–Crippen LogP) is 8.10. The summed E-state index contributed by atoms with van der Waals surface area (Å²) in [5, 5.41) is 21.2. The summed E-state index contributed by atoms with van der Waals surface area (Å²) in [5.41, 5.74) is -2.47. The second kappa shape index (κ2) is 22.4. The maximum absolute atomic E-state index is 13.5. The molecule has 6 heterocycles. The molecule has 0 spiro atoms. The average molecular weight is 1140 g/mol. The van der Waals surface area contributed by atoms with Crippen LogP contribution in [0.25, 0.3) is 11.2 Å². The molecule has 0 bridgehead atoms. The second-order valence-corrected chi connectivity index (χ2v) is 19.1. The first-order chi connectivity index (χ1) is 36.3. The zero-order valence-electron chi connectivity index (χ0n) is 40.4. The van der Waals surface area contributed by atoms with Crippen molar-refractivity contribution in [2.75, 3.05) is 0 Å². The third kappa shape index (κ3) is 14.3. The van der Waals surface area contributed by atoms with Gasteiger partial charge >= 0.3 is 30.1 Å². The number of aromatic nitrogens is 8. The van der Waals surface area contributed by atoms with Gasteiger partial charge in [0.2, 0.25) is 5.90 Å². The molecule has 5 aromatic heterocycles. The molecule has 2 fully saturated rings. The molecular weight excluding hydrogens is 1090 g/mol. The van der Waals surface area contributed by atoms with Crippen molar-refractivity contribution in [2.24, 2.45) is 19.1 Å². The molecule has 7 aromatic rings. The van der Waals surface area contributed by atoms with Crippen LogP contribution in [-0.2, 0) is 46.0 Å². The monoisotopic (exact) mass is 1140 g/mol. The summed E-state index contributed by atoms with van der Waals surface area (Å²) in [7, 11) is 2.90. The number of aliphatic imine (C=N–C) groups is 1. The number of halogens is 9. The van der Waals surface area contributed by atoms with Crippen LogP contribution in [0, 0.1) is 0 Å². The number of benzene rings is 2. The van der Waals surface area contributed by atoms with Crippen LogP contribution in [0.3, 0.4) is 0 Å². The molecule has 2 aromatic carbocycles. The maximum Gasteiger partial charge on any atom is 0.573 e. The van der Waals surface area contributed by atoms with Gasteiger partial charge in [-0.1, -0.05) is 35.3 Å². The summed E-state index contributed by atoms with van der Waals surface area (Å²) in [6.07, 6.45) is -3.74. The summed E-state index contributed by atoms with van der Waals surface area (Å²) in [5.74, 6) is -0.312. The number of ether oxygens (including phenoxy) is 4. The lowest BCUT2D eigenvalue weighted by atomic mass is 10.2. The highest BCUT2D eigenvalue weighted by Gasteiger charge is 2.41. The van der Waals surface area contributed by atoms with Crippen molar-refractivity contribution < 1.29 is 55.5 Å². The molecule has 408 valence electrons. The number of pyridine rings is 2. The van der Waals surface area contributed by atoms with Crippen molar-refractivity contribution in [1.82, 2.24) is 37.8 Å². The zero-order chi connectivity index (χ0) is 55.6. The van der Waals surface area contributed by atoms with Gasteiger partial charge in [-0.25, -0.2) is 9.59 Å². The number of hydrogen-bond acceptors (Lipinski definition) is 14. The molecule has 2 N–H and O–H groups in total. The molecule has 0 atom stereocenters. The van der Waals surface area contributed by atoms with E-state index < -0.39 is 57.9 Å². The predicted molar refractivity (Wildman–Crippen MR) is 268 cm³/mol. The molecule has 0 saturated heterocycles. The van der Waals surface area contributed by atoms with E-state index in [0.717, 1.165) is 39.1 Å². The number of aliphatic hydroxyl groups is 2. The Bertz CT molecular complexity index is 3590. The van der Waals surface area contributed by atoms with Crippen molar-refractivity contribution in [2.45, 2.75) is 94.4 Å². The van der Waals surface area contributed by atoms with E-state index in [9.17, 15) is 55.7 Å². The quantitative estimate of drug-likeness (QED) is 0.0777. The van der Waals surface area contributed by atoms with Crippen molar-refractivity contribution in [3.8, 4) is 29.0 Å². The number of rotatable bonds is 14. The van der Waals surface area contributed by atoms with Crippen LogP contribution in [-0.4, -0.2) is 77.8 Å². The highest BCUT2D eigenvalue weighted by atomic mass is 35.5. The minimum Gasteiger partial charge on any atom is -0.442 e. The van der Waals surface area contributed by atoms with Gasteiger partial charge in [0.25, 0.3) is 11.1 Å². The summed E-state index contributed by atoms with van der Waals surface area (Å²) in [6.45, 7) is 0.0523. The molecule has 77 heavy (non-hydrogen) atoms. The van der Waals surface area contributed by atoms with Gasteiger partial charge in [0, 0.05) is 51.7 Å². The molecule has 10 rings (SSSR count). The van der Waals surface area contributed by atoms with E-state index in [0.29, 0.717) is 53.7 Å². The number of aryl methyl sites for hydroxylation is 1. The number of hydrogen-bond donors (Lipinski definition) is 2. The van der Waals surface area contributed by atoms with Gasteiger partial charge < -0.3 is 29.2 Å². The summed E-state index contributed by atoms with van der Waals surface area (Å²) in [6, 6.07) is 16.4. The third-order valence-electron chi connectivity index (χ3n) is 12.2. The van der Waals surface area contributed by atoms with Gasteiger partial charge in [0.15, 0.2) is 11.2 Å². The normalized spacial score (nSPS) is 14.8. The molecule has 2 saturated carbocycles. The number of alkyl halides is 7. The first-order valence-corrected chi connectivity index (χ1v) is 24.5. The number of nitrogens with zero attached hydrogens (tertiary/aromatic N) is 9. The van der Waals surface area contributed by atoms with E-state index in [1.807, 2.05) is 0 Å². The average Bonchev–Trinajstić information content (AvgIpc) is 4.26. The molecule has 0 unspecified atom stereocenters. The van der Waals surface area contributed by atoms with Gasteiger partial charge in [0.1, 0.15) is 28.8 Å². The molecule has 0 amide bonds. The summed E-state index contributed by atoms with van der Waals surface area (Å²) >= 11 is 17.0. The van der Waals surface area contributed by atoms with Gasteiger partial charge in [-0.05, 0) is 87.1 Å². The number of imidazole rings is 1. The second-order valence-electron chi connectivity index (χ2n) is 18.0. The van der Waals surface area contributed by atoms with E-state index in [-0.39, 0.29) is 78.4 Å². The topological polar surface area (TPSA) is 221 Å². The summed E-state index contributed by atoms with van der Waals surface area (Å²) in [4.78, 5) is 68.5. The van der Waals surface area contributed by atoms with Crippen LogP contribution >= 0.6 is 34.8 Å². The van der Waals surface area contributed by atoms with Crippen molar-refractivity contribution in [1.29, 1.82) is 0 Å². The fraction of sp³-hybridized carbons (Fsp3) is 0.347.